The largest absolute Gasteiger partial charge is 0.515 e. The molecule has 0 aromatic heterocycles. The van der Waals surface area contributed by atoms with Gasteiger partial charge in [-0.1, -0.05) is 0 Å². The van der Waals surface area contributed by atoms with Gasteiger partial charge in [0.25, 0.3) is 0 Å². The number of nitrogens with one attached hydrogen (secondary N) is 1. The molecule has 2 N–H and O–H groups in total. The van der Waals surface area contributed by atoms with Gasteiger partial charge >= 0.3 is 0 Å². The highest BCUT2D eigenvalue weighted by molar-refractivity contribution is 5.92. The fourth-order valence-electron chi connectivity index (χ4n) is 0.359. The predicted molar refractivity (Wildman–Crippen MR) is 35.1 cm³/mol. The number of carbonyl (C=O) groups is 1. The second kappa shape index (κ2) is 3.95. The number of likely N-dealkylation sites (N-methyl/N-ethyl adjacent to an activating group) is 1. The number of rotatable bonds is 2. The monoisotopic (exact) mass is 129 g/mol. The molecule has 0 aliphatic carbocycles. The summed E-state index contributed by atoms with van der Waals surface area (Å²) in [6, 6.07) is 0. The lowest BCUT2D eigenvalue weighted by Crippen LogP contribution is -2.23. The van der Waals surface area contributed by atoms with Crippen LogP contribution < -0.4 is 5.32 Å². The highest BCUT2D eigenvalue weighted by atomic mass is 16.2. The predicted octanol–water partition coefficient (Wildman–Crippen LogP) is 0.584. The summed E-state index contributed by atoms with van der Waals surface area (Å²) in [5.41, 5.74) is 0.330. The summed E-state index contributed by atoms with van der Waals surface area (Å²) in [6.45, 7) is 3.96. The second-order valence-corrected chi connectivity index (χ2v) is 1.67. The Morgan fingerprint density at radius 3 is 2.67 bits per heavy atom. The van der Waals surface area contributed by atoms with Crippen LogP contribution in [0.15, 0.2) is 11.8 Å². The Morgan fingerprint density at radius 1 is 1.78 bits per heavy atom. The van der Waals surface area contributed by atoms with Gasteiger partial charge in [0.05, 0.1) is 6.26 Å². The van der Waals surface area contributed by atoms with Crippen LogP contribution in [0.2, 0.25) is 0 Å². The van der Waals surface area contributed by atoms with E-state index >= 15 is 0 Å². The average Bonchev–Trinajstić information content (AvgIpc) is 1.87. The lowest BCUT2D eigenvalue weighted by atomic mass is 10.3. The van der Waals surface area contributed by atoms with E-state index in [0.29, 0.717) is 12.1 Å². The molecule has 3 heteroatoms. The van der Waals surface area contributed by atoms with Crippen LogP contribution in [0.5, 0.6) is 0 Å². The molecule has 0 aliphatic rings. The molecule has 0 saturated carbocycles. The molecule has 0 heterocycles. The summed E-state index contributed by atoms with van der Waals surface area (Å²) in [4.78, 5) is 10.6. The summed E-state index contributed by atoms with van der Waals surface area (Å²) in [5.74, 6) is -0.222. The fraction of sp³-hybridized carbons (Fsp3) is 0.500. The first-order valence-corrected chi connectivity index (χ1v) is 2.81. The van der Waals surface area contributed by atoms with Gasteiger partial charge in [-0.05, 0) is 13.8 Å². The van der Waals surface area contributed by atoms with Crippen LogP contribution in [0.1, 0.15) is 13.8 Å². The zero-order valence-electron chi connectivity index (χ0n) is 5.64. The number of hydrogen-bond donors (Lipinski definition) is 2. The van der Waals surface area contributed by atoms with Crippen molar-refractivity contribution in [2.45, 2.75) is 13.8 Å². The highest BCUT2D eigenvalue weighted by Crippen LogP contribution is 1.87. The molecule has 0 unspecified atom stereocenters. The van der Waals surface area contributed by atoms with Crippen LogP contribution in [-0.2, 0) is 4.79 Å². The Kier molecular flexibility index (Phi) is 3.51. The topological polar surface area (TPSA) is 49.3 Å². The molecule has 0 saturated heterocycles. The van der Waals surface area contributed by atoms with Crippen LogP contribution in [-0.4, -0.2) is 17.6 Å². The molecule has 3 nitrogen and oxygen atoms in total. The quantitative estimate of drug-likeness (QED) is 0.423. The third-order valence-electron chi connectivity index (χ3n) is 0.889. The van der Waals surface area contributed by atoms with E-state index in [-0.39, 0.29) is 5.91 Å². The van der Waals surface area contributed by atoms with Gasteiger partial charge in [-0.15, -0.1) is 0 Å². The minimum Gasteiger partial charge on any atom is -0.515 e. The van der Waals surface area contributed by atoms with Crippen molar-refractivity contribution < 1.29 is 9.90 Å². The van der Waals surface area contributed by atoms with Crippen molar-refractivity contribution in [1.29, 1.82) is 0 Å². The van der Waals surface area contributed by atoms with Crippen molar-refractivity contribution in [1.82, 2.24) is 5.32 Å². The summed E-state index contributed by atoms with van der Waals surface area (Å²) in [6.07, 6.45) is 0.797. The molecule has 0 atom stereocenters. The Labute approximate surface area is 54.4 Å². The van der Waals surface area contributed by atoms with Gasteiger partial charge in [0, 0.05) is 12.1 Å². The Balaban J connectivity index is 3.74. The first kappa shape index (κ1) is 8.01. The fourth-order valence-corrected chi connectivity index (χ4v) is 0.359. The minimum atomic E-state index is -0.222. The van der Waals surface area contributed by atoms with Crippen molar-refractivity contribution >= 4 is 5.91 Å². The Morgan fingerprint density at radius 2 is 2.33 bits per heavy atom. The molecule has 0 spiro atoms. The molecule has 52 valence electrons. The van der Waals surface area contributed by atoms with Crippen molar-refractivity contribution in [2.75, 3.05) is 6.54 Å². The van der Waals surface area contributed by atoms with Gasteiger partial charge in [-0.3, -0.25) is 4.79 Å². The zero-order valence-corrected chi connectivity index (χ0v) is 5.64. The molecule has 0 radical (unpaired) electrons. The number of amides is 1. The normalized spacial score (nSPS) is 11.1. The van der Waals surface area contributed by atoms with E-state index in [1.807, 2.05) is 6.92 Å². The molecule has 0 aliphatic heterocycles. The van der Waals surface area contributed by atoms with Crippen molar-refractivity contribution in [2.24, 2.45) is 0 Å². The van der Waals surface area contributed by atoms with E-state index in [2.05, 4.69) is 5.32 Å². The summed E-state index contributed by atoms with van der Waals surface area (Å²) in [7, 11) is 0. The molecule has 9 heavy (non-hydrogen) atoms. The lowest BCUT2D eigenvalue weighted by Gasteiger charge is -1.97. The molecule has 0 aromatic rings. The molecular formula is C6H11NO2. The highest BCUT2D eigenvalue weighted by Gasteiger charge is 1.99. The number of aliphatic hydroxyl groups excluding tert-OH is 1. The zero-order chi connectivity index (χ0) is 7.28. The Bertz CT molecular complexity index is 129. The van der Waals surface area contributed by atoms with Gasteiger partial charge in [-0.25, -0.2) is 0 Å². The average molecular weight is 129 g/mol. The van der Waals surface area contributed by atoms with Gasteiger partial charge in [-0.2, -0.15) is 0 Å². The molecule has 0 bridgehead atoms. The first-order chi connectivity index (χ1) is 4.22. The van der Waals surface area contributed by atoms with Crippen LogP contribution >= 0.6 is 0 Å². The van der Waals surface area contributed by atoms with Crippen molar-refractivity contribution in [3.8, 4) is 0 Å². The number of aliphatic hydroxyl groups is 1. The van der Waals surface area contributed by atoms with Gasteiger partial charge in [0.1, 0.15) is 0 Å². The summed E-state index contributed by atoms with van der Waals surface area (Å²) < 4.78 is 0. The van der Waals surface area contributed by atoms with E-state index in [1.165, 1.54) is 0 Å². The molecular weight excluding hydrogens is 118 g/mol. The lowest BCUT2D eigenvalue weighted by molar-refractivity contribution is -0.117. The third kappa shape index (κ3) is 2.74. The van der Waals surface area contributed by atoms with Gasteiger partial charge in [0.15, 0.2) is 0 Å². The maximum absolute atomic E-state index is 10.6. The summed E-state index contributed by atoms with van der Waals surface area (Å²) >= 11 is 0. The van der Waals surface area contributed by atoms with Gasteiger partial charge in [0.2, 0.25) is 5.91 Å². The van der Waals surface area contributed by atoms with Gasteiger partial charge < -0.3 is 10.4 Å². The van der Waals surface area contributed by atoms with E-state index in [0.717, 1.165) is 6.26 Å². The molecule has 0 aromatic carbocycles. The van der Waals surface area contributed by atoms with Crippen LogP contribution in [0.25, 0.3) is 0 Å². The number of hydrogen-bond acceptors (Lipinski definition) is 2. The molecule has 0 fully saturated rings. The second-order valence-electron chi connectivity index (χ2n) is 1.67. The molecule has 0 rings (SSSR count). The van der Waals surface area contributed by atoms with Crippen LogP contribution in [0.4, 0.5) is 0 Å². The van der Waals surface area contributed by atoms with E-state index in [1.54, 1.807) is 6.92 Å². The number of carbonyl (C=O) groups excluding carboxylic acids is 1. The maximum Gasteiger partial charge on any atom is 0.249 e. The van der Waals surface area contributed by atoms with E-state index in [4.69, 9.17) is 5.11 Å². The maximum atomic E-state index is 10.6. The first-order valence-electron chi connectivity index (χ1n) is 2.81. The Hall–Kier alpha value is -0.990. The van der Waals surface area contributed by atoms with Crippen LogP contribution in [0.3, 0.4) is 0 Å². The smallest absolute Gasteiger partial charge is 0.249 e. The summed E-state index contributed by atoms with van der Waals surface area (Å²) in [5, 5.41) is 10.8. The SMILES string of the molecule is CCNC(=O)C(C)=CO. The minimum absolute atomic E-state index is 0.222. The van der Waals surface area contributed by atoms with Crippen LogP contribution in [0, 0.1) is 0 Å². The van der Waals surface area contributed by atoms with Crippen molar-refractivity contribution in [3.63, 3.8) is 0 Å². The van der Waals surface area contributed by atoms with E-state index in [9.17, 15) is 4.79 Å². The third-order valence-corrected chi connectivity index (χ3v) is 0.889. The van der Waals surface area contributed by atoms with E-state index < -0.39 is 0 Å². The molecule has 1 amide bonds. The standard InChI is InChI=1S/C6H11NO2/c1-3-7-6(9)5(2)4-8/h4,8H,3H2,1-2H3,(H,7,9). The van der Waals surface area contributed by atoms with Crippen molar-refractivity contribution in [3.05, 3.63) is 11.8 Å².